The van der Waals surface area contributed by atoms with Crippen LogP contribution in [0.4, 0.5) is 0 Å². The van der Waals surface area contributed by atoms with Crippen molar-refractivity contribution in [2.75, 3.05) is 0 Å². The van der Waals surface area contributed by atoms with Crippen LogP contribution in [0.3, 0.4) is 0 Å². The Kier molecular flexibility index (Phi) is 5.44. The molecule has 0 bridgehead atoms. The van der Waals surface area contributed by atoms with Crippen molar-refractivity contribution >= 4 is 12.6 Å². The second-order valence-electron chi connectivity index (χ2n) is 9.57. The molecule has 164 valence electrons. The molecule has 2 heterocycles. The van der Waals surface area contributed by atoms with Gasteiger partial charge < -0.3 is 9.31 Å². The average Bonchev–Trinajstić information content (AvgIpc) is 3.07. The normalized spacial score (nSPS) is 16.7. The molecule has 4 aromatic rings. The third-order valence-corrected chi connectivity index (χ3v) is 6.73. The summed E-state index contributed by atoms with van der Waals surface area (Å²) in [5.41, 5.74) is 6.71. The number of hydrogen-bond donors (Lipinski definition) is 0. The van der Waals surface area contributed by atoms with Crippen LogP contribution in [0.2, 0.25) is 0 Å². The van der Waals surface area contributed by atoms with Gasteiger partial charge in [-0.1, -0.05) is 84.9 Å². The van der Waals surface area contributed by atoms with Crippen LogP contribution in [0.5, 0.6) is 0 Å². The van der Waals surface area contributed by atoms with Crippen molar-refractivity contribution in [2.45, 2.75) is 38.9 Å². The summed E-state index contributed by atoms with van der Waals surface area (Å²) in [5.74, 6) is 0. The highest BCUT2D eigenvalue weighted by molar-refractivity contribution is 6.62. The van der Waals surface area contributed by atoms with Crippen LogP contribution in [-0.2, 0) is 9.31 Å². The summed E-state index contributed by atoms with van der Waals surface area (Å²) >= 11 is 0. The fourth-order valence-corrected chi connectivity index (χ4v) is 4.02. The first kappa shape index (κ1) is 21.6. The van der Waals surface area contributed by atoms with Gasteiger partial charge >= 0.3 is 7.12 Å². The maximum atomic E-state index is 6.22. The second kappa shape index (κ2) is 8.29. The van der Waals surface area contributed by atoms with E-state index in [2.05, 4.69) is 88.4 Å². The standard InChI is InChI=1S/C29H28BNO2/c1-28(2)29(3,4)33-30(32-28)25-17-15-21(16-18-25)24-19-26(22-11-7-5-8-12-22)31-27(20-24)23-13-9-6-10-14-23/h5-20H,1-4H3. The molecule has 5 rings (SSSR count). The monoisotopic (exact) mass is 433 g/mol. The highest BCUT2D eigenvalue weighted by atomic mass is 16.7. The maximum Gasteiger partial charge on any atom is 0.494 e. The zero-order chi connectivity index (χ0) is 23.1. The Morgan fingerprint density at radius 2 is 1.00 bits per heavy atom. The van der Waals surface area contributed by atoms with Crippen LogP contribution in [-0.4, -0.2) is 23.3 Å². The van der Waals surface area contributed by atoms with E-state index in [0.717, 1.165) is 39.1 Å². The summed E-state index contributed by atoms with van der Waals surface area (Å²) in [6, 6.07) is 33.4. The van der Waals surface area contributed by atoms with E-state index in [-0.39, 0.29) is 18.3 Å². The van der Waals surface area contributed by atoms with Crippen molar-refractivity contribution in [1.29, 1.82) is 0 Å². The fourth-order valence-electron chi connectivity index (χ4n) is 4.02. The molecule has 4 heteroatoms. The summed E-state index contributed by atoms with van der Waals surface area (Å²) < 4.78 is 12.4. The number of benzene rings is 3. The predicted molar refractivity (Wildman–Crippen MR) is 136 cm³/mol. The molecule has 33 heavy (non-hydrogen) atoms. The molecule has 0 atom stereocenters. The van der Waals surface area contributed by atoms with Crippen molar-refractivity contribution in [1.82, 2.24) is 4.98 Å². The number of aromatic nitrogens is 1. The van der Waals surface area contributed by atoms with Gasteiger partial charge in [0, 0.05) is 11.1 Å². The van der Waals surface area contributed by atoms with E-state index >= 15 is 0 Å². The highest BCUT2D eigenvalue weighted by Gasteiger charge is 2.51. The molecule has 1 aliphatic rings. The van der Waals surface area contributed by atoms with E-state index in [0.29, 0.717) is 0 Å². The molecule has 0 amide bonds. The minimum Gasteiger partial charge on any atom is -0.399 e. The van der Waals surface area contributed by atoms with E-state index in [4.69, 9.17) is 14.3 Å². The number of nitrogens with zero attached hydrogens (tertiary/aromatic N) is 1. The first-order chi connectivity index (χ1) is 15.8. The Morgan fingerprint density at radius 3 is 1.45 bits per heavy atom. The number of pyridine rings is 1. The smallest absolute Gasteiger partial charge is 0.399 e. The summed E-state index contributed by atoms with van der Waals surface area (Å²) in [6.45, 7) is 8.31. The van der Waals surface area contributed by atoms with E-state index in [1.54, 1.807) is 0 Å². The summed E-state index contributed by atoms with van der Waals surface area (Å²) in [4.78, 5) is 4.97. The van der Waals surface area contributed by atoms with Crippen molar-refractivity contribution in [3.05, 3.63) is 97.1 Å². The van der Waals surface area contributed by atoms with Crippen LogP contribution in [0, 0.1) is 0 Å². The molecule has 0 N–H and O–H groups in total. The molecular formula is C29H28BNO2. The lowest BCUT2D eigenvalue weighted by Crippen LogP contribution is -2.41. The zero-order valence-corrected chi connectivity index (χ0v) is 19.6. The SMILES string of the molecule is CC1(C)OB(c2ccc(-c3cc(-c4ccccc4)nc(-c4ccccc4)c3)cc2)OC1(C)C. The summed E-state index contributed by atoms with van der Waals surface area (Å²) in [7, 11) is -0.360. The third-order valence-electron chi connectivity index (χ3n) is 6.73. The lowest BCUT2D eigenvalue weighted by Gasteiger charge is -2.32. The minimum atomic E-state index is -0.360. The molecule has 3 aromatic carbocycles. The van der Waals surface area contributed by atoms with Gasteiger partial charge in [-0.2, -0.15) is 0 Å². The van der Waals surface area contributed by atoms with Crippen LogP contribution in [0.25, 0.3) is 33.6 Å². The fraction of sp³-hybridized carbons (Fsp3) is 0.207. The van der Waals surface area contributed by atoms with Crippen molar-refractivity contribution < 1.29 is 9.31 Å². The number of rotatable bonds is 4. The van der Waals surface area contributed by atoms with Crippen molar-refractivity contribution in [2.24, 2.45) is 0 Å². The first-order valence-corrected chi connectivity index (χ1v) is 11.4. The summed E-state index contributed by atoms with van der Waals surface area (Å²) in [6.07, 6.45) is 0. The Bertz CT molecular complexity index is 1180. The molecule has 0 spiro atoms. The van der Waals surface area contributed by atoms with E-state index in [1.165, 1.54) is 0 Å². The van der Waals surface area contributed by atoms with Gasteiger partial charge in [0.05, 0.1) is 22.6 Å². The molecular weight excluding hydrogens is 405 g/mol. The molecule has 0 unspecified atom stereocenters. The molecule has 1 saturated heterocycles. The van der Waals surface area contributed by atoms with Crippen molar-refractivity contribution in [3.8, 4) is 33.6 Å². The van der Waals surface area contributed by atoms with Gasteiger partial charge in [-0.15, -0.1) is 0 Å². The number of hydrogen-bond acceptors (Lipinski definition) is 3. The van der Waals surface area contributed by atoms with Gasteiger partial charge in [-0.05, 0) is 56.4 Å². The van der Waals surface area contributed by atoms with E-state index in [9.17, 15) is 0 Å². The van der Waals surface area contributed by atoms with Gasteiger partial charge in [0.1, 0.15) is 0 Å². The van der Waals surface area contributed by atoms with Gasteiger partial charge in [0.15, 0.2) is 0 Å². The largest absolute Gasteiger partial charge is 0.494 e. The third kappa shape index (κ3) is 4.24. The lowest BCUT2D eigenvalue weighted by molar-refractivity contribution is 0.00578. The molecule has 0 aliphatic carbocycles. The Morgan fingerprint density at radius 1 is 0.545 bits per heavy atom. The van der Waals surface area contributed by atoms with Crippen LogP contribution in [0.15, 0.2) is 97.1 Å². The van der Waals surface area contributed by atoms with Crippen LogP contribution >= 0.6 is 0 Å². The molecule has 0 saturated carbocycles. The van der Waals surface area contributed by atoms with Crippen LogP contribution in [0.1, 0.15) is 27.7 Å². The Hall–Kier alpha value is -3.21. The lowest BCUT2D eigenvalue weighted by atomic mass is 9.78. The van der Waals surface area contributed by atoms with Crippen molar-refractivity contribution in [3.63, 3.8) is 0 Å². The topological polar surface area (TPSA) is 31.4 Å². The maximum absolute atomic E-state index is 6.22. The van der Waals surface area contributed by atoms with E-state index < -0.39 is 0 Å². The second-order valence-corrected chi connectivity index (χ2v) is 9.57. The van der Waals surface area contributed by atoms with Gasteiger partial charge in [0.2, 0.25) is 0 Å². The molecule has 1 aromatic heterocycles. The molecule has 1 aliphatic heterocycles. The molecule has 0 radical (unpaired) electrons. The van der Waals surface area contributed by atoms with E-state index in [1.807, 2.05) is 36.4 Å². The average molecular weight is 433 g/mol. The molecule has 3 nitrogen and oxygen atoms in total. The van der Waals surface area contributed by atoms with Gasteiger partial charge in [0.25, 0.3) is 0 Å². The zero-order valence-electron chi connectivity index (χ0n) is 19.6. The van der Waals surface area contributed by atoms with Gasteiger partial charge in [-0.3, -0.25) is 0 Å². The highest BCUT2D eigenvalue weighted by Crippen LogP contribution is 2.37. The van der Waals surface area contributed by atoms with Gasteiger partial charge in [-0.25, -0.2) is 4.98 Å². The Balaban J connectivity index is 1.52. The quantitative estimate of drug-likeness (QED) is 0.350. The summed E-state index contributed by atoms with van der Waals surface area (Å²) in [5, 5.41) is 0. The first-order valence-electron chi connectivity index (χ1n) is 11.4. The minimum absolute atomic E-state index is 0.351. The molecule has 1 fully saturated rings. The Labute approximate surface area is 196 Å². The predicted octanol–water partition coefficient (Wildman–Crippen LogP) is 6.38. The van der Waals surface area contributed by atoms with Crippen LogP contribution < -0.4 is 5.46 Å².